The molecule has 2 saturated carbocycles. The first kappa shape index (κ1) is 59.6. The van der Waals surface area contributed by atoms with Gasteiger partial charge in [-0.2, -0.15) is 0 Å². The smallest absolute Gasteiger partial charge is 0.338 e. The van der Waals surface area contributed by atoms with E-state index in [1.165, 1.54) is 19.1 Å². The van der Waals surface area contributed by atoms with Crippen molar-refractivity contribution >= 4 is 49.9 Å². The highest BCUT2D eigenvalue weighted by Gasteiger charge is 2.79. The van der Waals surface area contributed by atoms with Crippen LogP contribution in [0.1, 0.15) is 127 Å². The molecule has 3 aliphatic carbocycles. The van der Waals surface area contributed by atoms with Crippen molar-refractivity contribution in [2.24, 2.45) is 16.7 Å². The molecule has 1 aliphatic heterocycles. The molecular weight excluding hydrogens is 1020 g/mol. The highest BCUT2D eigenvalue weighted by Crippen LogP contribution is 2.65. The van der Waals surface area contributed by atoms with Crippen molar-refractivity contribution in [1.29, 1.82) is 0 Å². The Balaban J connectivity index is 1.46. The lowest BCUT2D eigenvalue weighted by atomic mass is 9.44. The maximum absolute atomic E-state index is 16.4. The molecule has 3 aromatic carbocycles. The SMILES string of the molecule is CC(=O)O[C@H]1C(=O)[C@]2(C)[C@@H](OC(=O)CCCC(O)CO)C[C@H]3OC[C@@]3(OC(C)=O)[C@H]2[C@H](OC(=O)c2ccccc2)[C@]2(O)C[C@H](OC(=O)[C@H](O[Si](C)(C)C(C)(C)C)[C@@H](NC(=O)c3ccccc3)c3ccccc3)C(C)=C1C2(C)C. The first-order valence-corrected chi connectivity index (χ1v) is 29.4. The molecule has 0 spiro atoms. The van der Waals surface area contributed by atoms with E-state index in [-0.39, 0.29) is 49.0 Å². The molecular formula is C59H75NO17Si. The first-order chi connectivity index (χ1) is 36.5. The molecule has 4 N–H and O–H groups in total. The second-order valence-electron chi connectivity index (χ2n) is 23.4. The Morgan fingerprint density at radius 2 is 1.42 bits per heavy atom. The number of esters is 5. The minimum Gasteiger partial charge on any atom is -0.461 e. The molecule has 1 heterocycles. The minimum absolute atomic E-state index is 0.00914. The molecule has 1 unspecified atom stereocenters. The summed E-state index contributed by atoms with van der Waals surface area (Å²) in [4.78, 5) is 102. The second kappa shape index (κ2) is 22.9. The molecule has 2 bridgehead atoms. The largest absolute Gasteiger partial charge is 0.461 e. The summed E-state index contributed by atoms with van der Waals surface area (Å²) in [5.41, 5.74) is -7.22. The maximum atomic E-state index is 16.4. The summed E-state index contributed by atoms with van der Waals surface area (Å²) >= 11 is 0. The minimum atomic E-state index is -2.99. The predicted octanol–water partition coefficient (Wildman–Crippen LogP) is 6.84. The number of carbonyl (C=O) groups is 7. The Kier molecular flexibility index (Phi) is 17.5. The number of aliphatic hydroxyl groups is 3. The van der Waals surface area contributed by atoms with Crippen LogP contribution in [0.2, 0.25) is 18.1 Å². The van der Waals surface area contributed by atoms with E-state index in [0.717, 1.165) is 13.8 Å². The first-order valence-electron chi connectivity index (χ1n) is 26.5. The Bertz CT molecular complexity index is 2760. The fourth-order valence-electron chi connectivity index (χ4n) is 11.7. The highest BCUT2D eigenvalue weighted by molar-refractivity contribution is 6.74. The van der Waals surface area contributed by atoms with Crippen molar-refractivity contribution in [3.8, 4) is 0 Å². The van der Waals surface area contributed by atoms with E-state index in [0.29, 0.717) is 11.1 Å². The summed E-state index contributed by atoms with van der Waals surface area (Å²) in [6.45, 7) is 17.4. The highest BCUT2D eigenvalue weighted by atomic mass is 28.4. The van der Waals surface area contributed by atoms with E-state index >= 15 is 9.59 Å². The summed E-state index contributed by atoms with van der Waals surface area (Å²) < 4.78 is 45.1. The van der Waals surface area contributed by atoms with Crippen LogP contribution < -0.4 is 5.32 Å². The van der Waals surface area contributed by atoms with Crippen LogP contribution in [0, 0.1) is 16.7 Å². The van der Waals surface area contributed by atoms with Crippen LogP contribution >= 0.6 is 0 Å². The van der Waals surface area contributed by atoms with Crippen LogP contribution in [-0.2, 0) is 56.8 Å². The van der Waals surface area contributed by atoms with Gasteiger partial charge in [-0.25, -0.2) is 9.59 Å². The molecule has 7 rings (SSSR count). The number of hydrogen-bond acceptors (Lipinski definition) is 17. The van der Waals surface area contributed by atoms with Gasteiger partial charge >= 0.3 is 29.8 Å². The topological polar surface area (TPSA) is 257 Å². The van der Waals surface area contributed by atoms with E-state index in [1.807, 2.05) is 33.9 Å². The van der Waals surface area contributed by atoms with Crippen LogP contribution in [0.3, 0.4) is 0 Å². The zero-order valence-electron chi connectivity index (χ0n) is 46.4. The van der Waals surface area contributed by atoms with Crippen molar-refractivity contribution in [2.75, 3.05) is 13.2 Å². The number of ketones is 1. The van der Waals surface area contributed by atoms with Crippen LogP contribution in [0.4, 0.5) is 0 Å². The van der Waals surface area contributed by atoms with Gasteiger partial charge in [-0.05, 0) is 85.8 Å². The van der Waals surface area contributed by atoms with Gasteiger partial charge in [0.15, 0.2) is 31.9 Å². The third-order valence-electron chi connectivity index (χ3n) is 17.1. The zero-order valence-corrected chi connectivity index (χ0v) is 47.4. The maximum Gasteiger partial charge on any atom is 0.338 e. The van der Waals surface area contributed by atoms with Gasteiger partial charge in [-0.3, -0.25) is 24.0 Å². The van der Waals surface area contributed by atoms with Crippen molar-refractivity contribution < 1.29 is 81.7 Å². The molecule has 4 aliphatic rings. The van der Waals surface area contributed by atoms with E-state index in [9.17, 15) is 39.3 Å². The summed E-state index contributed by atoms with van der Waals surface area (Å²) in [6.07, 6.45) is -11.5. The van der Waals surface area contributed by atoms with E-state index < -0.39 is 145 Å². The van der Waals surface area contributed by atoms with Crippen molar-refractivity contribution in [3.05, 3.63) is 119 Å². The predicted molar refractivity (Wildman–Crippen MR) is 285 cm³/mol. The monoisotopic (exact) mass is 1100 g/mol. The van der Waals surface area contributed by atoms with Crippen LogP contribution in [0.25, 0.3) is 0 Å². The Morgan fingerprint density at radius 1 is 0.833 bits per heavy atom. The summed E-state index contributed by atoms with van der Waals surface area (Å²) in [5, 5.41) is 36.4. The molecule has 0 radical (unpaired) electrons. The number of Topliss-reactive ketones (excluding diaryl/α,β-unsaturated/α-hetero) is 1. The molecule has 0 aromatic heterocycles. The summed E-state index contributed by atoms with van der Waals surface area (Å²) in [6, 6.07) is 23.9. The second-order valence-corrected chi connectivity index (χ2v) is 28.2. The standard InChI is InChI=1S/C59H75NO17Si/c1-34-41(73-54(69)48(77-78(10,11)55(4,5)6)46(37-22-15-12-16-23-37)60-52(67)38-24-17-13-18-25-38)31-59(70)51(75-53(68)39-26-19-14-20-27-39)49-57(9,50(66)47(72-35(2)62)45(34)56(59,7)8)42(74-44(65)29-21-28-40(64)32-61)30-43-58(49,33-71-43)76-36(3)63/h12-20,22-27,40-43,46-49,51,61,64,70H,21,28-33H2,1-11H3,(H,60,67)/t40?,41-,42-,43+,46-,47+,48+,49-,51-,57+,58-,59+/m0/s1. The van der Waals surface area contributed by atoms with Crippen molar-refractivity contribution in [1.82, 2.24) is 5.32 Å². The van der Waals surface area contributed by atoms with E-state index in [4.69, 9.17) is 32.8 Å². The number of aliphatic hydroxyl groups excluding tert-OH is 2. The molecule has 18 nitrogen and oxygen atoms in total. The van der Waals surface area contributed by atoms with Gasteiger partial charge in [-0.15, -0.1) is 0 Å². The van der Waals surface area contributed by atoms with E-state index in [1.54, 1.807) is 99.6 Å². The molecule has 19 heteroatoms. The number of rotatable bonds is 18. The summed E-state index contributed by atoms with van der Waals surface area (Å²) in [5.74, 6) is -7.53. The molecule has 1 saturated heterocycles. The van der Waals surface area contributed by atoms with Gasteiger partial charge in [0.1, 0.15) is 30.0 Å². The number of carbonyl (C=O) groups excluding carboxylic acids is 7. The van der Waals surface area contributed by atoms with Gasteiger partial charge in [0.25, 0.3) is 5.91 Å². The van der Waals surface area contributed by atoms with Crippen molar-refractivity contribution in [3.63, 3.8) is 0 Å². The van der Waals surface area contributed by atoms with Gasteiger partial charge in [-0.1, -0.05) is 101 Å². The van der Waals surface area contributed by atoms with Gasteiger partial charge < -0.3 is 53.5 Å². The number of fused-ring (bicyclic) bond motifs is 5. The fourth-order valence-corrected chi connectivity index (χ4v) is 12.9. The number of nitrogens with one attached hydrogen (secondary N) is 1. The Hall–Kier alpha value is -6.09. The molecule has 3 aromatic rings. The molecule has 12 atom stereocenters. The zero-order chi connectivity index (χ0) is 57.3. The molecule has 3 fully saturated rings. The molecule has 422 valence electrons. The number of hydrogen-bond donors (Lipinski definition) is 4. The van der Waals surface area contributed by atoms with Gasteiger partial charge in [0.2, 0.25) is 0 Å². The number of ether oxygens (including phenoxy) is 6. The normalized spacial score (nSPS) is 28.6. The molecule has 78 heavy (non-hydrogen) atoms. The summed E-state index contributed by atoms with van der Waals surface area (Å²) in [7, 11) is -2.99. The van der Waals surface area contributed by atoms with Crippen LogP contribution in [-0.4, -0.2) is 132 Å². The van der Waals surface area contributed by atoms with Crippen LogP contribution in [0.15, 0.2) is 102 Å². The lowest BCUT2D eigenvalue weighted by Crippen LogP contribution is -2.82. The van der Waals surface area contributed by atoms with Gasteiger partial charge in [0, 0.05) is 44.1 Å². The van der Waals surface area contributed by atoms with Crippen LogP contribution in [0.5, 0.6) is 0 Å². The average Bonchev–Trinajstić information content (AvgIpc) is 3.44. The fraction of sp³-hybridized carbons (Fsp3) is 0.542. The number of benzene rings is 3. The van der Waals surface area contributed by atoms with Gasteiger partial charge in [0.05, 0.1) is 42.3 Å². The quantitative estimate of drug-likeness (QED) is 0.0440. The average molecular weight is 1100 g/mol. The molecule has 1 amide bonds. The Labute approximate surface area is 456 Å². The number of amides is 1. The Morgan fingerprint density at radius 3 is 1.96 bits per heavy atom. The lowest BCUT2D eigenvalue weighted by Gasteiger charge is -2.67. The third kappa shape index (κ3) is 11.4. The lowest BCUT2D eigenvalue weighted by molar-refractivity contribution is -0.346. The third-order valence-corrected chi connectivity index (χ3v) is 21.5. The van der Waals surface area contributed by atoms with Crippen molar-refractivity contribution in [2.45, 2.75) is 173 Å². The van der Waals surface area contributed by atoms with E-state index in [2.05, 4.69) is 5.32 Å².